The smallest absolute Gasteiger partial charge is 0.335 e. The van der Waals surface area contributed by atoms with Crippen LogP contribution in [0.15, 0.2) is 36.4 Å². The van der Waals surface area contributed by atoms with Crippen LogP contribution in [0.25, 0.3) is 6.08 Å². The average molecular weight is 248 g/mol. The summed E-state index contributed by atoms with van der Waals surface area (Å²) in [5, 5.41) is 9.19. The van der Waals surface area contributed by atoms with Gasteiger partial charge in [-0.3, -0.25) is 0 Å². The van der Waals surface area contributed by atoms with Crippen LogP contribution < -0.4 is 0 Å². The molecule has 0 aromatic heterocycles. The molecule has 0 saturated heterocycles. The maximum absolute atomic E-state index is 11.2. The molecule has 0 aliphatic heterocycles. The second-order valence-corrected chi connectivity index (χ2v) is 4.13. The minimum Gasteiger partial charge on any atom is -0.479 e. The van der Waals surface area contributed by atoms with E-state index in [1.807, 2.05) is 56.3 Å². The zero-order valence-corrected chi connectivity index (χ0v) is 10.9. The molecule has 0 fully saturated rings. The number of benzene rings is 1. The van der Waals surface area contributed by atoms with E-state index < -0.39 is 11.6 Å². The molecule has 3 nitrogen and oxygen atoms in total. The molecule has 0 amide bonds. The summed E-state index contributed by atoms with van der Waals surface area (Å²) in [5.74, 6) is -0.888. The molecule has 0 spiro atoms. The Morgan fingerprint density at radius 3 is 2.39 bits per heavy atom. The van der Waals surface area contributed by atoms with E-state index in [2.05, 4.69) is 0 Å². The second-order valence-electron chi connectivity index (χ2n) is 4.13. The summed E-state index contributed by atoms with van der Waals surface area (Å²) in [7, 11) is 0. The van der Waals surface area contributed by atoms with Gasteiger partial charge in [0, 0.05) is 0 Å². The summed E-state index contributed by atoms with van der Waals surface area (Å²) in [6, 6.07) is 9.85. The highest BCUT2D eigenvalue weighted by molar-refractivity contribution is 5.77. The van der Waals surface area contributed by atoms with Gasteiger partial charge in [-0.2, -0.15) is 0 Å². The molecule has 0 aliphatic carbocycles. The van der Waals surface area contributed by atoms with Crippen molar-refractivity contribution in [1.82, 2.24) is 0 Å². The van der Waals surface area contributed by atoms with E-state index >= 15 is 0 Å². The van der Waals surface area contributed by atoms with Crippen LogP contribution in [0.1, 0.15) is 32.3 Å². The van der Waals surface area contributed by atoms with E-state index in [0.29, 0.717) is 19.4 Å². The predicted octanol–water partition coefficient (Wildman–Crippen LogP) is 3.36. The fourth-order valence-corrected chi connectivity index (χ4v) is 1.77. The Morgan fingerprint density at radius 1 is 1.28 bits per heavy atom. The maximum Gasteiger partial charge on any atom is 0.335 e. The zero-order valence-electron chi connectivity index (χ0n) is 10.9. The van der Waals surface area contributed by atoms with Gasteiger partial charge in [0.2, 0.25) is 0 Å². The van der Waals surface area contributed by atoms with Crippen molar-refractivity contribution in [2.24, 2.45) is 0 Å². The van der Waals surface area contributed by atoms with Gasteiger partial charge < -0.3 is 9.84 Å². The van der Waals surface area contributed by atoms with E-state index in [4.69, 9.17) is 4.74 Å². The number of hydrogen-bond donors (Lipinski definition) is 1. The summed E-state index contributed by atoms with van der Waals surface area (Å²) < 4.78 is 5.52. The van der Waals surface area contributed by atoms with Gasteiger partial charge in [0.1, 0.15) is 0 Å². The molecule has 0 heterocycles. The highest BCUT2D eigenvalue weighted by Gasteiger charge is 2.35. The molecule has 1 aromatic carbocycles. The molecule has 0 unspecified atom stereocenters. The highest BCUT2D eigenvalue weighted by Crippen LogP contribution is 2.20. The van der Waals surface area contributed by atoms with Crippen molar-refractivity contribution in [3.8, 4) is 0 Å². The lowest BCUT2D eigenvalue weighted by molar-refractivity contribution is -0.165. The zero-order chi connectivity index (χ0) is 13.4. The predicted molar refractivity (Wildman–Crippen MR) is 72.4 cm³/mol. The van der Waals surface area contributed by atoms with Crippen LogP contribution in [0, 0.1) is 0 Å². The van der Waals surface area contributed by atoms with Gasteiger partial charge in [-0.05, 0) is 18.4 Å². The first kappa shape index (κ1) is 14.5. The Hall–Kier alpha value is -1.61. The van der Waals surface area contributed by atoms with Gasteiger partial charge in [0.05, 0.1) is 6.61 Å². The first-order valence-electron chi connectivity index (χ1n) is 6.23. The number of carbonyl (C=O) groups is 1. The van der Waals surface area contributed by atoms with Crippen LogP contribution in [-0.2, 0) is 9.53 Å². The standard InChI is InChI=1S/C15H20O3/c1-3-15(4-2,14(16)17)18-12-8-11-13-9-6-5-7-10-13/h5-11H,3-4,12H2,1-2H3,(H,16,17)/b11-8+. The van der Waals surface area contributed by atoms with Crippen LogP contribution in [0.4, 0.5) is 0 Å². The van der Waals surface area contributed by atoms with Crippen molar-refractivity contribution in [3.05, 3.63) is 42.0 Å². The molecular weight excluding hydrogens is 228 g/mol. The largest absolute Gasteiger partial charge is 0.479 e. The molecule has 0 saturated carbocycles. The Balaban J connectivity index is 2.54. The summed E-state index contributed by atoms with van der Waals surface area (Å²) in [5.41, 5.74) is 0.0242. The summed E-state index contributed by atoms with van der Waals surface area (Å²) in [6.07, 6.45) is 4.71. The first-order valence-corrected chi connectivity index (χ1v) is 6.23. The van der Waals surface area contributed by atoms with Crippen molar-refractivity contribution in [3.63, 3.8) is 0 Å². The van der Waals surface area contributed by atoms with Gasteiger partial charge >= 0.3 is 5.97 Å². The fraction of sp³-hybridized carbons (Fsp3) is 0.400. The monoisotopic (exact) mass is 248 g/mol. The van der Waals surface area contributed by atoms with E-state index in [1.165, 1.54) is 0 Å². The number of rotatable bonds is 7. The third-order valence-corrected chi connectivity index (χ3v) is 3.10. The van der Waals surface area contributed by atoms with Crippen molar-refractivity contribution in [1.29, 1.82) is 0 Å². The molecular formula is C15H20O3. The Morgan fingerprint density at radius 2 is 1.89 bits per heavy atom. The van der Waals surface area contributed by atoms with Crippen LogP contribution >= 0.6 is 0 Å². The SMILES string of the molecule is CCC(CC)(OC/C=C/c1ccccc1)C(=O)O. The van der Waals surface area contributed by atoms with Gasteiger partial charge in [0.25, 0.3) is 0 Å². The highest BCUT2D eigenvalue weighted by atomic mass is 16.5. The Bertz CT molecular complexity index is 391. The maximum atomic E-state index is 11.2. The summed E-state index contributed by atoms with van der Waals surface area (Å²) in [6.45, 7) is 3.97. The van der Waals surface area contributed by atoms with Gasteiger partial charge in [-0.15, -0.1) is 0 Å². The molecule has 1 aromatic rings. The van der Waals surface area contributed by atoms with Crippen LogP contribution in [0.3, 0.4) is 0 Å². The van der Waals surface area contributed by atoms with Crippen molar-refractivity contribution in [2.45, 2.75) is 32.3 Å². The lowest BCUT2D eigenvalue weighted by atomic mass is 9.97. The van der Waals surface area contributed by atoms with Gasteiger partial charge in [-0.1, -0.05) is 56.3 Å². The van der Waals surface area contributed by atoms with Crippen molar-refractivity contribution in [2.75, 3.05) is 6.61 Å². The molecule has 0 radical (unpaired) electrons. The normalized spacial score (nSPS) is 11.9. The number of carboxylic acid groups (broad SMARTS) is 1. The Kier molecular flexibility index (Phi) is 5.59. The van der Waals surface area contributed by atoms with Gasteiger partial charge in [0.15, 0.2) is 5.60 Å². The molecule has 1 rings (SSSR count). The molecule has 0 atom stereocenters. The summed E-state index contributed by atoms with van der Waals surface area (Å²) in [4.78, 5) is 11.2. The third-order valence-electron chi connectivity index (χ3n) is 3.10. The van der Waals surface area contributed by atoms with Crippen LogP contribution in [0.2, 0.25) is 0 Å². The van der Waals surface area contributed by atoms with Crippen molar-refractivity contribution >= 4 is 12.0 Å². The van der Waals surface area contributed by atoms with Crippen LogP contribution in [0.5, 0.6) is 0 Å². The van der Waals surface area contributed by atoms with E-state index in [-0.39, 0.29) is 0 Å². The quantitative estimate of drug-likeness (QED) is 0.804. The fourth-order valence-electron chi connectivity index (χ4n) is 1.77. The molecule has 0 aliphatic rings. The Labute approximate surface area is 108 Å². The average Bonchev–Trinajstić information content (AvgIpc) is 2.40. The van der Waals surface area contributed by atoms with Crippen molar-refractivity contribution < 1.29 is 14.6 Å². The molecule has 98 valence electrons. The van der Waals surface area contributed by atoms with E-state index in [1.54, 1.807) is 0 Å². The third kappa shape index (κ3) is 3.70. The molecule has 1 N–H and O–H groups in total. The summed E-state index contributed by atoms with van der Waals surface area (Å²) >= 11 is 0. The second kappa shape index (κ2) is 6.97. The number of ether oxygens (including phenoxy) is 1. The van der Waals surface area contributed by atoms with Gasteiger partial charge in [-0.25, -0.2) is 4.79 Å². The molecule has 0 bridgehead atoms. The molecule has 3 heteroatoms. The van der Waals surface area contributed by atoms with E-state index in [9.17, 15) is 9.90 Å². The van der Waals surface area contributed by atoms with Crippen LogP contribution in [-0.4, -0.2) is 23.3 Å². The number of carboxylic acids is 1. The number of hydrogen-bond acceptors (Lipinski definition) is 2. The minimum absolute atomic E-state index is 0.308. The first-order chi connectivity index (χ1) is 8.64. The topological polar surface area (TPSA) is 46.5 Å². The lowest BCUT2D eigenvalue weighted by Crippen LogP contribution is -2.40. The number of aliphatic carboxylic acids is 1. The van der Waals surface area contributed by atoms with E-state index in [0.717, 1.165) is 5.56 Å². The minimum atomic E-state index is -1.05. The lowest BCUT2D eigenvalue weighted by Gasteiger charge is -2.26. The molecule has 18 heavy (non-hydrogen) atoms.